The normalized spacial score (nSPS) is 16.6. The Hall–Kier alpha value is -2.74. The zero-order valence-electron chi connectivity index (χ0n) is 14.4. The predicted octanol–water partition coefficient (Wildman–Crippen LogP) is 3.75. The molecule has 3 rings (SSSR count). The van der Waals surface area contributed by atoms with Crippen LogP contribution in [0.3, 0.4) is 0 Å². The Balaban J connectivity index is 1.70. The molecule has 2 aromatic carbocycles. The topological polar surface area (TPSA) is 61.8 Å². The summed E-state index contributed by atoms with van der Waals surface area (Å²) in [5.41, 5.74) is 2.29. The maximum Gasteiger partial charge on any atom is 0.422 e. The minimum absolute atomic E-state index is 0.00724. The van der Waals surface area contributed by atoms with Crippen LogP contribution in [0, 0.1) is 0 Å². The predicted molar refractivity (Wildman–Crippen MR) is 93.7 cm³/mol. The minimum Gasteiger partial charge on any atom is -0.484 e. The molecule has 144 valence electrons. The Morgan fingerprint density at radius 2 is 2.00 bits per heavy atom. The van der Waals surface area contributed by atoms with Gasteiger partial charge in [-0.2, -0.15) is 13.2 Å². The third-order valence-electron chi connectivity index (χ3n) is 4.33. The van der Waals surface area contributed by atoms with Crippen molar-refractivity contribution in [1.82, 2.24) is 4.90 Å². The molecule has 0 radical (unpaired) electrons. The molecule has 27 heavy (non-hydrogen) atoms. The van der Waals surface area contributed by atoms with Crippen molar-refractivity contribution < 1.29 is 27.8 Å². The van der Waals surface area contributed by atoms with Gasteiger partial charge in [-0.05, 0) is 29.7 Å². The highest BCUT2D eigenvalue weighted by molar-refractivity contribution is 5.90. The maximum atomic E-state index is 12.7. The molecule has 8 heteroatoms. The molecule has 2 N–H and O–H groups in total. The van der Waals surface area contributed by atoms with Gasteiger partial charge in [-0.1, -0.05) is 30.3 Å². The van der Waals surface area contributed by atoms with Crippen molar-refractivity contribution >= 4 is 11.7 Å². The van der Waals surface area contributed by atoms with Gasteiger partial charge in [0.2, 0.25) is 0 Å². The summed E-state index contributed by atoms with van der Waals surface area (Å²) in [6, 6.07) is 12.5. The van der Waals surface area contributed by atoms with Crippen LogP contribution in [0.25, 0.3) is 0 Å². The molecule has 1 aliphatic rings. The van der Waals surface area contributed by atoms with Crippen molar-refractivity contribution in [3.63, 3.8) is 0 Å². The minimum atomic E-state index is -4.44. The van der Waals surface area contributed by atoms with Gasteiger partial charge in [0.15, 0.2) is 6.61 Å². The molecule has 1 heterocycles. The number of carbonyl (C=O) groups is 1. The average molecular weight is 380 g/mol. The van der Waals surface area contributed by atoms with Crippen LogP contribution < -0.4 is 10.1 Å². The van der Waals surface area contributed by atoms with Crippen LogP contribution in [0.2, 0.25) is 0 Å². The molecule has 0 saturated carbocycles. The first-order valence-electron chi connectivity index (χ1n) is 8.43. The highest BCUT2D eigenvalue weighted by Crippen LogP contribution is 2.30. The highest BCUT2D eigenvalue weighted by atomic mass is 19.4. The Labute approximate surface area is 154 Å². The number of hydrogen-bond acceptors (Lipinski definition) is 3. The van der Waals surface area contributed by atoms with Gasteiger partial charge in [0.1, 0.15) is 5.75 Å². The van der Waals surface area contributed by atoms with Crippen LogP contribution in [0.5, 0.6) is 5.75 Å². The number of aliphatic hydroxyl groups excluding tert-OH is 1. The van der Waals surface area contributed by atoms with Crippen molar-refractivity contribution in [1.29, 1.82) is 0 Å². The number of halogens is 3. The molecule has 5 nitrogen and oxygen atoms in total. The van der Waals surface area contributed by atoms with E-state index in [1.807, 2.05) is 24.3 Å². The number of benzene rings is 2. The summed E-state index contributed by atoms with van der Waals surface area (Å²) < 4.78 is 41.5. The molecular weight excluding hydrogens is 361 g/mol. The Kier molecular flexibility index (Phi) is 5.55. The van der Waals surface area contributed by atoms with Crippen LogP contribution >= 0.6 is 0 Å². The molecular formula is C19H19F3N2O3. The van der Waals surface area contributed by atoms with E-state index in [2.05, 4.69) is 5.32 Å². The number of fused-ring (bicyclic) bond motifs is 1. The van der Waals surface area contributed by atoms with Crippen LogP contribution in [0.15, 0.2) is 48.5 Å². The van der Waals surface area contributed by atoms with E-state index in [-0.39, 0.29) is 12.4 Å². The van der Waals surface area contributed by atoms with E-state index in [4.69, 9.17) is 4.74 Å². The second kappa shape index (κ2) is 7.87. The lowest BCUT2D eigenvalue weighted by Crippen LogP contribution is -2.43. The molecule has 2 aromatic rings. The quantitative estimate of drug-likeness (QED) is 0.849. The van der Waals surface area contributed by atoms with E-state index in [1.54, 1.807) is 6.07 Å². The first-order chi connectivity index (χ1) is 12.9. The Bertz CT molecular complexity index is 811. The van der Waals surface area contributed by atoms with Crippen molar-refractivity contribution in [3.05, 3.63) is 59.7 Å². The van der Waals surface area contributed by atoms with Crippen molar-refractivity contribution in [2.75, 3.05) is 25.1 Å². The van der Waals surface area contributed by atoms with Crippen LogP contribution in [-0.4, -0.2) is 42.0 Å². The first-order valence-corrected chi connectivity index (χ1v) is 8.43. The van der Waals surface area contributed by atoms with Gasteiger partial charge in [0, 0.05) is 18.3 Å². The van der Waals surface area contributed by atoms with Crippen LogP contribution in [0.4, 0.5) is 23.7 Å². The van der Waals surface area contributed by atoms with Crippen molar-refractivity contribution in [3.8, 4) is 5.75 Å². The zero-order valence-corrected chi connectivity index (χ0v) is 14.4. The largest absolute Gasteiger partial charge is 0.484 e. The fraction of sp³-hybridized carbons (Fsp3) is 0.316. The van der Waals surface area contributed by atoms with Crippen LogP contribution in [-0.2, 0) is 6.42 Å². The van der Waals surface area contributed by atoms with E-state index < -0.39 is 24.9 Å². The number of nitrogens with one attached hydrogen (secondary N) is 1. The molecule has 1 aliphatic heterocycles. The van der Waals surface area contributed by atoms with Crippen molar-refractivity contribution in [2.45, 2.75) is 18.6 Å². The lowest BCUT2D eigenvalue weighted by Gasteiger charge is -2.36. The number of hydrogen-bond donors (Lipinski definition) is 2. The molecule has 0 saturated heterocycles. The van der Waals surface area contributed by atoms with Gasteiger partial charge >= 0.3 is 12.2 Å². The summed E-state index contributed by atoms with van der Waals surface area (Å²) in [4.78, 5) is 14.2. The number of ether oxygens (including phenoxy) is 1. The fourth-order valence-corrected chi connectivity index (χ4v) is 3.12. The van der Waals surface area contributed by atoms with Crippen molar-refractivity contribution in [2.24, 2.45) is 0 Å². The van der Waals surface area contributed by atoms with E-state index >= 15 is 0 Å². The van der Waals surface area contributed by atoms with Gasteiger partial charge in [-0.3, -0.25) is 0 Å². The number of rotatable bonds is 4. The maximum absolute atomic E-state index is 12.7. The number of amides is 2. The van der Waals surface area contributed by atoms with Crippen LogP contribution in [0.1, 0.15) is 17.2 Å². The van der Waals surface area contributed by atoms with Gasteiger partial charge in [0.05, 0.1) is 12.6 Å². The third kappa shape index (κ3) is 4.71. The number of carbonyl (C=O) groups excluding carboxylic acids is 1. The highest BCUT2D eigenvalue weighted by Gasteiger charge is 2.30. The monoisotopic (exact) mass is 380 g/mol. The average Bonchev–Trinajstić information content (AvgIpc) is 2.65. The van der Waals surface area contributed by atoms with Gasteiger partial charge in [-0.15, -0.1) is 0 Å². The molecule has 1 unspecified atom stereocenters. The summed E-state index contributed by atoms with van der Waals surface area (Å²) in [7, 11) is 0. The summed E-state index contributed by atoms with van der Waals surface area (Å²) in [5.74, 6) is 0.00724. The summed E-state index contributed by atoms with van der Waals surface area (Å²) in [6.07, 6.45) is -3.77. The van der Waals surface area contributed by atoms with E-state index in [9.17, 15) is 23.1 Å². The van der Waals surface area contributed by atoms with E-state index in [0.717, 1.165) is 11.1 Å². The molecule has 0 fully saturated rings. The second-order valence-electron chi connectivity index (χ2n) is 6.20. The number of alkyl halides is 3. The lowest BCUT2D eigenvalue weighted by molar-refractivity contribution is -0.153. The first kappa shape index (κ1) is 19.0. The number of aliphatic hydroxyl groups is 1. The molecule has 0 bridgehead atoms. The van der Waals surface area contributed by atoms with Gasteiger partial charge < -0.3 is 20.1 Å². The SMILES string of the molecule is O=C(Nc1cccc(OCC(F)(F)F)c1)N1CCc2ccccc2C1CO. The smallest absolute Gasteiger partial charge is 0.422 e. The third-order valence-corrected chi connectivity index (χ3v) is 4.33. The second-order valence-corrected chi connectivity index (χ2v) is 6.20. The standard InChI is InChI=1S/C19H19F3N2O3/c20-19(21,22)12-27-15-6-3-5-14(10-15)23-18(26)24-9-8-13-4-1-2-7-16(13)17(24)11-25/h1-7,10,17,25H,8-9,11-12H2,(H,23,26). The number of nitrogens with zero attached hydrogens (tertiary/aromatic N) is 1. The molecule has 0 spiro atoms. The molecule has 0 aliphatic carbocycles. The summed E-state index contributed by atoms with van der Waals surface area (Å²) >= 11 is 0. The summed E-state index contributed by atoms with van der Waals surface area (Å²) in [6.45, 7) is -1.20. The molecule has 2 amide bonds. The Morgan fingerprint density at radius 3 is 2.74 bits per heavy atom. The molecule has 0 aromatic heterocycles. The molecule has 1 atom stereocenters. The van der Waals surface area contributed by atoms with E-state index in [0.29, 0.717) is 18.7 Å². The summed E-state index contributed by atoms with van der Waals surface area (Å²) in [5, 5.41) is 12.4. The van der Waals surface area contributed by atoms with Gasteiger partial charge in [-0.25, -0.2) is 4.79 Å². The lowest BCUT2D eigenvalue weighted by atomic mass is 9.93. The number of urea groups is 1. The fourth-order valence-electron chi connectivity index (χ4n) is 3.12. The van der Waals surface area contributed by atoms with E-state index in [1.165, 1.54) is 23.1 Å². The Morgan fingerprint density at radius 1 is 1.22 bits per heavy atom. The zero-order chi connectivity index (χ0) is 19.4. The van der Waals surface area contributed by atoms with Gasteiger partial charge in [0.25, 0.3) is 0 Å². The number of anilines is 1.